The van der Waals surface area contributed by atoms with Gasteiger partial charge in [-0.3, -0.25) is 28.8 Å². The van der Waals surface area contributed by atoms with Crippen LogP contribution in [0.25, 0.3) is 0 Å². The molecule has 50 heavy (non-hydrogen) atoms. The van der Waals surface area contributed by atoms with E-state index in [-0.39, 0.29) is 24.9 Å². The molecule has 2 rings (SSSR count). The summed E-state index contributed by atoms with van der Waals surface area (Å²) in [7, 11) is -3.87. The Balaban J connectivity index is 2.15. The molecule has 0 heterocycles. The van der Waals surface area contributed by atoms with Gasteiger partial charge >= 0.3 is 6.09 Å². The van der Waals surface area contributed by atoms with Crippen molar-refractivity contribution in [3.8, 4) is 0 Å². The molecule has 4 atom stereocenters. The van der Waals surface area contributed by atoms with Crippen LogP contribution in [0.4, 0.5) is 4.79 Å². The van der Waals surface area contributed by atoms with Crippen LogP contribution < -0.4 is 32.3 Å². The number of nitrogens with one attached hydrogen (secondary N) is 5. The molecule has 0 spiro atoms. The van der Waals surface area contributed by atoms with Gasteiger partial charge in [0.25, 0.3) is 5.91 Å². The Labute approximate surface area is 292 Å². The number of carbonyl (C=O) groups excluding carboxylic acids is 7. The van der Waals surface area contributed by atoms with E-state index in [4.69, 9.17) is 10.5 Å². The van der Waals surface area contributed by atoms with E-state index < -0.39 is 87.7 Å². The van der Waals surface area contributed by atoms with E-state index in [1.54, 1.807) is 37.3 Å². The first-order valence-corrected chi connectivity index (χ1v) is 18.8. The van der Waals surface area contributed by atoms with E-state index in [0.717, 1.165) is 25.5 Å². The first-order chi connectivity index (χ1) is 23.5. The molecule has 1 fully saturated rings. The molecule has 1 aliphatic carbocycles. The molecule has 0 radical (unpaired) electrons. The number of hydrogen-bond acceptors (Lipinski definition) is 10. The SMILES string of the molecule is CCCC(NC(=O)C(CS(C)(=O)=O)NC(=O)C(NC(=O)OCC(C)C)C1CCCCC1)C(=O)C(=O)NCC(=O)NC(C(N)=O)c1ccccc1. The van der Waals surface area contributed by atoms with Crippen LogP contribution in [0.2, 0.25) is 0 Å². The summed E-state index contributed by atoms with van der Waals surface area (Å²) < 4.78 is 29.8. The molecule has 6 amide bonds. The number of primary amides is 1. The summed E-state index contributed by atoms with van der Waals surface area (Å²) in [6, 6.07) is 2.71. The molecule has 16 nitrogen and oxygen atoms in total. The first kappa shape index (κ1) is 41.6. The topological polar surface area (TPSA) is 249 Å². The molecule has 17 heteroatoms. The van der Waals surface area contributed by atoms with E-state index in [1.165, 1.54) is 0 Å². The van der Waals surface area contributed by atoms with Gasteiger partial charge < -0.3 is 37.1 Å². The summed E-state index contributed by atoms with van der Waals surface area (Å²) in [5.41, 5.74) is 5.81. The highest BCUT2D eigenvalue weighted by molar-refractivity contribution is 7.90. The van der Waals surface area contributed by atoms with E-state index in [2.05, 4.69) is 26.6 Å². The van der Waals surface area contributed by atoms with Crippen molar-refractivity contribution in [2.75, 3.05) is 25.2 Å². The largest absolute Gasteiger partial charge is 0.449 e. The van der Waals surface area contributed by atoms with Gasteiger partial charge in [0.15, 0.2) is 0 Å². The maximum Gasteiger partial charge on any atom is 0.407 e. The average Bonchev–Trinajstić information content (AvgIpc) is 3.06. The van der Waals surface area contributed by atoms with E-state index >= 15 is 0 Å². The summed E-state index contributed by atoms with van der Waals surface area (Å²) in [5, 5.41) is 11.9. The zero-order valence-electron chi connectivity index (χ0n) is 29.0. The number of carbonyl (C=O) groups is 7. The van der Waals surface area contributed by atoms with E-state index in [1.807, 2.05) is 13.8 Å². The average molecular weight is 723 g/mol. The number of amides is 6. The number of Topliss-reactive ketones (excluding diaryl/α,β-unsaturated/α-hetero) is 1. The zero-order chi connectivity index (χ0) is 37.4. The van der Waals surface area contributed by atoms with Gasteiger partial charge in [0.2, 0.25) is 29.4 Å². The van der Waals surface area contributed by atoms with Crippen LogP contribution in [0.15, 0.2) is 30.3 Å². The molecule has 7 N–H and O–H groups in total. The Bertz CT molecular complexity index is 1460. The van der Waals surface area contributed by atoms with Gasteiger partial charge in [-0.05, 0) is 36.7 Å². The highest BCUT2D eigenvalue weighted by atomic mass is 32.2. The third kappa shape index (κ3) is 14.5. The lowest BCUT2D eigenvalue weighted by Gasteiger charge is -2.31. The van der Waals surface area contributed by atoms with Crippen LogP contribution >= 0.6 is 0 Å². The third-order valence-electron chi connectivity index (χ3n) is 7.89. The van der Waals surface area contributed by atoms with E-state index in [0.29, 0.717) is 24.8 Å². The molecular weight excluding hydrogens is 672 g/mol. The first-order valence-electron chi connectivity index (χ1n) is 16.7. The van der Waals surface area contributed by atoms with Crippen molar-refractivity contribution < 1.29 is 46.7 Å². The van der Waals surface area contributed by atoms with Crippen LogP contribution in [0.5, 0.6) is 0 Å². The smallest absolute Gasteiger partial charge is 0.407 e. The minimum absolute atomic E-state index is 0.0323. The lowest BCUT2D eigenvalue weighted by molar-refractivity contribution is -0.141. The second-order valence-corrected chi connectivity index (χ2v) is 15.1. The second kappa shape index (κ2) is 20.2. The number of ketones is 1. The Morgan fingerprint density at radius 2 is 1.50 bits per heavy atom. The molecule has 1 aromatic carbocycles. The monoisotopic (exact) mass is 722 g/mol. The molecule has 0 saturated heterocycles. The number of rotatable bonds is 19. The van der Waals surface area contributed by atoms with Crippen molar-refractivity contribution in [1.29, 1.82) is 0 Å². The number of sulfone groups is 1. The molecule has 4 unspecified atom stereocenters. The van der Waals surface area contributed by atoms with Crippen LogP contribution in [0, 0.1) is 11.8 Å². The fourth-order valence-electron chi connectivity index (χ4n) is 5.44. The highest BCUT2D eigenvalue weighted by Gasteiger charge is 2.36. The van der Waals surface area contributed by atoms with Crippen molar-refractivity contribution in [3.05, 3.63) is 35.9 Å². The molecule has 278 valence electrons. The van der Waals surface area contributed by atoms with Crippen molar-refractivity contribution in [1.82, 2.24) is 26.6 Å². The Hall–Kier alpha value is -4.54. The Morgan fingerprint density at radius 1 is 0.880 bits per heavy atom. The van der Waals surface area contributed by atoms with Crippen LogP contribution in [0.1, 0.15) is 77.3 Å². The minimum atomic E-state index is -3.87. The van der Waals surface area contributed by atoms with Crippen molar-refractivity contribution in [3.63, 3.8) is 0 Å². The molecule has 1 aromatic rings. The van der Waals surface area contributed by atoms with Crippen LogP contribution in [-0.2, 0) is 43.3 Å². The van der Waals surface area contributed by atoms with Gasteiger partial charge in [0, 0.05) is 6.26 Å². The summed E-state index contributed by atoms with van der Waals surface area (Å²) in [4.78, 5) is 89.9. The standard InChI is InChI=1S/C33H50N6O10S/c1-5-12-23(28(41)32(45)35-17-25(40)38-26(29(34)42)21-13-8-6-9-14-21)36-30(43)24(19-50(4,47)48)37-31(44)27(22-15-10-7-11-16-22)39-33(46)49-18-20(2)3/h6,8-9,13-14,20,22-24,26-27H,5,7,10-12,15-19H2,1-4H3,(H2,34,42)(H,35,45)(H,36,43)(H,37,44)(H,38,40)(H,39,46). The normalized spacial score (nSPS) is 15.8. The number of nitrogens with two attached hydrogens (primary N) is 1. The Morgan fingerprint density at radius 3 is 2.06 bits per heavy atom. The van der Waals surface area contributed by atoms with Crippen molar-refractivity contribution in [2.45, 2.75) is 89.9 Å². The summed E-state index contributed by atoms with van der Waals surface area (Å²) in [6.07, 6.45) is 4.13. The van der Waals surface area contributed by atoms with Gasteiger partial charge in [-0.1, -0.05) is 76.8 Å². The van der Waals surface area contributed by atoms with Crippen molar-refractivity contribution >= 4 is 51.2 Å². The maximum atomic E-state index is 13.6. The summed E-state index contributed by atoms with van der Waals surface area (Å²) in [5.74, 6) is -6.94. The quantitative estimate of drug-likeness (QED) is 0.106. The third-order valence-corrected chi connectivity index (χ3v) is 8.83. The molecular formula is C33H50N6O10S. The molecule has 0 aliphatic heterocycles. The summed E-state index contributed by atoms with van der Waals surface area (Å²) in [6.45, 7) is 4.78. The van der Waals surface area contributed by atoms with Crippen LogP contribution in [0.3, 0.4) is 0 Å². The highest BCUT2D eigenvalue weighted by Crippen LogP contribution is 2.27. The fourth-order valence-corrected chi connectivity index (χ4v) is 6.28. The molecule has 0 bridgehead atoms. The van der Waals surface area contributed by atoms with Gasteiger partial charge in [-0.25, -0.2) is 13.2 Å². The maximum absolute atomic E-state index is 13.6. The Kier molecular flexibility index (Phi) is 16.8. The predicted molar refractivity (Wildman–Crippen MR) is 183 cm³/mol. The minimum Gasteiger partial charge on any atom is -0.449 e. The van der Waals surface area contributed by atoms with Crippen molar-refractivity contribution in [2.24, 2.45) is 17.6 Å². The molecule has 1 saturated carbocycles. The van der Waals surface area contributed by atoms with E-state index in [9.17, 15) is 42.0 Å². The number of hydrogen-bond donors (Lipinski definition) is 6. The van der Waals surface area contributed by atoms with Crippen LogP contribution in [-0.4, -0.2) is 93.1 Å². The van der Waals surface area contributed by atoms with Gasteiger partial charge in [-0.15, -0.1) is 0 Å². The number of benzene rings is 1. The fraction of sp³-hybridized carbons (Fsp3) is 0.606. The predicted octanol–water partition coefficient (Wildman–Crippen LogP) is 0.160. The zero-order valence-corrected chi connectivity index (χ0v) is 29.8. The summed E-state index contributed by atoms with van der Waals surface area (Å²) >= 11 is 0. The lowest BCUT2D eigenvalue weighted by atomic mass is 9.83. The van der Waals surface area contributed by atoms with Gasteiger partial charge in [0.1, 0.15) is 28.0 Å². The molecule has 0 aromatic heterocycles. The van der Waals surface area contributed by atoms with Gasteiger partial charge in [-0.2, -0.15) is 0 Å². The molecule has 1 aliphatic rings. The second-order valence-electron chi connectivity index (χ2n) is 12.9. The lowest BCUT2D eigenvalue weighted by Crippen LogP contribution is -2.60. The number of alkyl carbamates (subject to hydrolysis) is 1. The number of ether oxygens (including phenoxy) is 1. The van der Waals surface area contributed by atoms with Gasteiger partial charge in [0.05, 0.1) is 24.9 Å².